The Morgan fingerprint density at radius 2 is 1.85 bits per heavy atom. The van der Waals surface area contributed by atoms with Gasteiger partial charge >= 0.3 is 0 Å². The van der Waals surface area contributed by atoms with Gasteiger partial charge in [0.05, 0.1) is 26.2 Å². The van der Waals surface area contributed by atoms with Crippen LogP contribution in [0.1, 0.15) is 16.8 Å². The Hall–Kier alpha value is -3.52. The van der Waals surface area contributed by atoms with E-state index in [9.17, 15) is 4.79 Å². The van der Waals surface area contributed by atoms with Crippen LogP contribution >= 0.6 is 11.8 Å². The second-order valence-corrected chi connectivity index (χ2v) is 8.68. The second kappa shape index (κ2) is 9.54. The third-order valence-electron chi connectivity index (χ3n) is 5.49. The summed E-state index contributed by atoms with van der Waals surface area (Å²) < 4.78 is 12.6. The summed E-state index contributed by atoms with van der Waals surface area (Å²) in [7, 11) is 3.22. The van der Waals surface area contributed by atoms with E-state index >= 15 is 0 Å². The number of rotatable bonds is 7. The van der Waals surface area contributed by atoms with E-state index in [1.165, 1.54) is 11.8 Å². The molecule has 7 nitrogen and oxygen atoms in total. The molecular formula is C25H26N4O3S. The molecule has 8 heteroatoms. The largest absolute Gasteiger partial charge is 0.493 e. The van der Waals surface area contributed by atoms with Crippen molar-refractivity contribution < 1.29 is 14.3 Å². The monoisotopic (exact) mass is 462 g/mol. The third-order valence-corrected chi connectivity index (χ3v) is 6.48. The number of hydrogen-bond donors (Lipinski definition) is 1. The molecule has 0 spiro atoms. The number of nitrogens with zero attached hydrogens (tertiary/aromatic N) is 3. The molecule has 2 aromatic carbocycles. The van der Waals surface area contributed by atoms with E-state index in [4.69, 9.17) is 14.5 Å². The minimum absolute atomic E-state index is 0.0661. The number of fused-ring (bicyclic) bond motifs is 1. The lowest BCUT2D eigenvalue weighted by molar-refractivity contribution is -0.113. The molecule has 4 rings (SSSR count). The van der Waals surface area contributed by atoms with E-state index < -0.39 is 0 Å². The standard InChI is InChI=1S/C25H26N4O3S/c1-15-7-6-8-20(17(15)3)28-23(30)14-33-24-11-16(2)27-25-19(13-26-29(24)25)18-9-10-21(31-4)22(12-18)32-5/h6-13H,14H2,1-5H3,(H,28,30). The van der Waals surface area contributed by atoms with Crippen LogP contribution in [-0.2, 0) is 4.79 Å². The van der Waals surface area contributed by atoms with Crippen LogP contribution < -0.4 is 14.8 Å². The highest BCUT2D eigenvalue weighted by Gasteiger charge is 2.16. The lowest BCUT2D eigenvalue weighted by Crippen LogP contribution is -2.15. The van der Waals surface area contributed by atoms with Gasteiger partial charge in [0.2, 0.25) is 5.91 Å². The first-order valence-corrected chi connectivity index (χ1v) is 11.5. The fraction of sp³-hybridized carbons (Fsp3) is 0.240. The Kier molecular flexibility index (Phi) is 6.55. The van der Waals surface area contributed by atoms with Crippen molar-refractivity contribution in [3.05, 3.63) is 65.5 Å². The van der Waals surface area contributed by atoms with Crippen molar-refractivity contribution in [1.29, 1.82) is 0 Å². The average Bonchev–Trinajstić information content (AvgIpc) is 3.23. The molecule has 0 saturated heterocycles. The number of methoxy groups -OCH3 is 2. The predicted octanol–water partition coefficient (Wildman–Crippen LogP) is 5.07. The number of thioether (sulfide) groups is 1. The number of aryl methyl sites for hydroxylation is 2. The number of ether oxygens (including phenoxy) is 2. The Morgan fingerprint density at radius 3 is 2.61 bits per heavy atom. The summed E-state index contributed by atoms with van der Waals surface area (Å²) in [5, 5.41) is 8.41. The van der Waals surface area contributed by atoms with Gasteiger partial charge in [0.1, 0.15) is 5.03 Å². The fourth-order valence-electron chi connectivity index (χ4n) is 3.57. The smallest absolute Gasteiger partial charge is 0.234 e. The summed E-state index contributed by atoms with van der Waals surface area (Å²) in [6, 6.07) is 13.6. The van der Waals surface area contributed by atoms with Crippen LogP contribution in [0.2, 0.25) is 0 Å². The third kappa shape index (κ3) is 4.66. The molecule has 0 fully saturated rings. The van der Waals surface area contributed by atoms with Crippen LogP contribution in [0, 0.1) is 20.8 Å². The van der Waals surface area contributed by atoms with Gasteiger partial charge in [-0.25, -0.2) is 9.50 Å². The molecule has 0 unspecified atom stereocenters. The number of nitrogens with one attached hydrogen (secondary N) is 1. The van der Waals surface area contributed by atoms with Gasteiger partial charge < -0.3 is 14.8 Å². The molecule has 0 bridgehead atoms. The first-order chi connectivity index (χ1) is 15.9. The van der Waals surface area contributed by atoms with Crippen molar-refractivity contribution in [2.45, 2.75) is 25.8 Å². The van der Waals surface area contributed by atoms with E-state index in [1.54, 1.807) is 24.9 Å². The molecule has 0 aliphatic carbocycles. The molecule has 2 aromatic heterocycles. The number of aromatic nitrogens is 3. The first kappa shape index (κ1) is 22.7. The van der Waals surface area contributed by atoms with Gasteiger partial charge in [-0.1, -0.05) is 30.0 Å². The van der Waals surface area contributed by atoms with E-state index in [0.29, 0.717) is 11.5 Å². The van der Waals surface area contributed by atoms with E-state index in [0.717, 1.165) is 44.3 Å². The van der Waals surface area contributed by atoms with Crippen LogP contribution in [0.3, 0.4) is 0 Å². The van der Waals surface area contributed by atoms with Crippen LogP contribution in [0.5, 0.6) is 11.5 Å². The minimum Gasteiger partial charge on any atom is -0.493 e. The highest BCUT2D eigenvalue weighted by atomic mass is 32.2. The number of amides is 1. The molecule has 170 valence electrons. The topological polar surface area (TPSA) is 77.8 Å². The minimum atomic E-state index is -0.0661. The maximum absolute atomic E-state index is 12.6. The summed E-state index contributed by atoms with van der Waals surface area (Å²) in [5.41, 5.74) is 6.43. The molecule has 0 radical (unpaired) electrons. The van der Waals surface area contributed by atoms with Crippen molar-refractivity contribution in [2.24, 2.45) is 0 Å². The molecule has 0 aliphatic heterocycles. The average molecular weight is 463 g/mol. The van der Waals surface area contributed by atoms with Crippen LogP contribution in [0.15, 0.2) is 53.7 Å². The molecule has 0 atom stereocenters. The quantitative estimate of drug-likeness (QED) is 0.305. The van der Waals surface area contributed by atoms with E-state index in [2.05, 4.69) is 10.4 Å². The van der Waals surface area contributed by atoms with Crippen molar-refractivity contribution in [3.63, 3.8) is 0 Å². The van der Waals surface area contributed by atoms with Crippen molar-refractivity contribution in [2.75, 3.05) is 25.3 Å². The van der Waals surface area contributed by atoms with E-state index in [-0.39, 0.29) is 11.7 Å². The normalized spacial score (nSPS) is 10.9. The summed E-state index contributed by atoms with van der Waals surface area (Å²) in [6.07, 6.45) is 1.78. The Balaban J connectivity index is 1.59. The van der Waals surface area contributed by atoms with Gasteiger partial charge in [-0.15, -0.1) is 0 Å². The van der Waals surface area contributed by atoms with Crippen molar-refractivity contribution in [1.82, 2.24) is 14.6 Å². The Bertz CT molecular complexity index is 1330. The summed E-state index contributed by atoms with van der Waals surface area (Å²) >= 11 is 1.43. The van der Waals surface area contributed by atoms with Crippen molar-refractivity contribution in [3.8, 4) is 22.6 Å². The maximum atomic E-state index is 12.6. The van der Waals surface area contributed by atoms with Gasteiger partial charge in [0.25, 0.3) is 0 Å². The molecule has 0 aliphatic rings. The fourth-order valence-corrected chi connectivity index (χ4v) is 4.43. The number of benzene rings is 2. The Morgan fingerprint density at radius 1 is 1.06 bits per heavy atom. The summed E-state index contributed by atoms with van der Waals surface area (Å²) in [4.78, 5) is 17.3. The van der Waals surface area contributed by atoms with Crippen LogP contribution in [0.4, 0.5) is 5.69 Å². The zero-order valence-electron chi connectivity index (χ0n) is 19.3. The highest BCUT2D eigenvalue weighted by molar-refractivity contribution is 7.99. The molecule has 1 N–H and O–H groups in total. The predicted molar refractivity (Wildman–Crippen MR) is 132 cm³/mol. The molecule has 1 amide bonds. The first-order valence-electron chi connectivity index (χ1n) is 10.5. The van der Waals surface area contributed by atoms with Crippen molar-refractivity contribution >= 4 is 29.0 Å². The number of anilines is 1. The summed E-state index contributed by atoms with van der Waals surface area (Å²) in [5.74, 6) is 1.49. The Labute approximate surface area is 197 Å². The number of carbonyl (C=O) groups excluding carboxylic acids is 1. The van der Waals surface area contributed by atoms with Crippen LogP contribution in [0.25, 0.3) is 16.8 Å². The maximum Gasteiger partial charge on any atom is 0.234 e. The van der Waals surface area contributed by atoms with Gasteiger partial charge in [-0.3, -0.25) is 4.79 Å². The van der Waals surface area contributed by atoms with E-state index in [1.807, 2.05) is 63.2 Å². The zero-order valence-corrected chi connectivity index (χ0v) is 20.1. The molecule has 4 aromatic rings. The van der Waals surface area contributed by atoms with Gasteiger partial charge in [-0.05, 0) is 61.7 Å². The SMILES string of the molecule is COc1ccc(-c2cnn3c(SCC(=O)Nc4cccc(C)c4C)cc(C)nc23)cc1OC. The van der Waals surface area contributed by atoms with Gasteiger partial charge in [0.15, 0.2) is 17.1 Å². The van der Waals surface area contributed by atoms with Crippen LogP contribution in [-0.4, -0.2) is 40.5 Å². The molecule has 0 saturated carbocycles. The molecule has 2 heterocycles. The highest BCUT2D eigenvalue weighted by Crippen LogP contribution is 2.34. The lowest BCUT2D eigenvalue weighted by Gasteiger charge is -2.11. The molecule has 33 heavy (non-hydrogen) atoms. The number of hydrogen-bond acceptors (Lipinski definition) is 6. The van der Waals surface area contributed by atoms with Gasteiger partial charge in [0, 0.05) is 16.9 Å². The molecular weight excluding hydrogens is 436 g/mol. The second-order valence-electron chi connectivity index (χ2n) is 7.68. The summed E-state index contributed by atoms with van der Waals surface area (Å²) in [6.45, 7) is 5.98. The lowest BCUT2D eigenvalue weighted by atomic mass is 10.1. The zero-order chi connectivity index (χ0) is 23.5. The number of carbonyl (C=O) groups is 1. The van der Waals surface area contributed by atoms with Gasteiger partial charge in [-0.2, -0.15) is 5.10 Å².